The molecule has 1 N–H and O–H groups in total. The van der Waals surface area contributed by atoms with Gasteiger partial charge in [-0.05, 0) is 25.8 Å². The van der Waals surface area contributed by atoms with E-state index in [-0.39, 0.29) is 18.4 Å². The van der Waals surface area contributed by atoms with Gasteiger partial charge in [0.15, 0.2) is 5.60 Å². The molecule has 6 heteroatoms. The van der Waals surface area contributed by atoms with Crippen molar-refractivity contribution in [1.29, 1.82) is 0 Å². The van der Waals surface area contributed by atoms with Gasteiger partial charge in [-0.25, -0.2) is 0 Å². The Morgan fingerprint density at radius 1 is 1.38 bits per heavy atom. The van der Waals surface area contributed by atoms with Crippen LogP contribution in [-0.4, -0.2) is 59.1 Å². The fourth-order valence-corrected chi connectivity index (χ4v) is 3.09. The molecule has 1 atom stereocenters. The third-order valence-electron chi connectivity index (χ3n) is 4.34. The molecule has 132 valence electrons. The fraction of sp³-hybridized carbons (Fsp3) is 0.556. The number of benzene rings is 1. The van der Waals surface area contributed by atoms with Crippen LogP contribution >= 0.6 is 0 Å². The van der Waals surface area contributed by atoms with E-state index in [0.717, 1.165) is 11.3 Å². The fourth-order valence-electron chi connectivity index (χ4n) is 3.09. The lowest BCUT2D eigenvalue weighted by molar-refractivity contribution is -0.159. The number of likely N-dealkylation sites (tertiary alicyclic amines) is 1. The molecule has 1 saturated heterocycles. The van der Waals surface area contributed by atoms with Crippen molar-refractivity contribution in [2.24, 2.45) is 0 Å². The summed E-state index contributed by atoms with van der Waals surface area (Å²) in [6.07, 6.45) is 0.984. The van der Waals surface area contributed by atoms with E-state index >= 15 is 0 Å². The van der Waals surface area contributed by atoms with Gasteiger partial charge in [-0.2, -0.15) is 0 Å². The van der Waals surface area contributed by atoms with Crippen LogP contribution in [0.2, 0.25) is 0 Å². The molecule has 0 bridgehead atoms. The van der Waals surface area contributed by atoms with Gasteiger partial charge in [0.2, 0.25) is 5.91 Å². The maximum Gasteiger partial charge on any atom is 0.256 e. The summed E-state index contributed by atoms with van der Waals surface area (Å²) in [7, 11) is 1.66. The monoisotopic (exact) mass is 334 g/mol. The van der Waals surface area contributed by atoms with Gasteiger partial charge >= 0.3 is 0 Å². The molecule has 1 fully saturated rings. The highest BCUT2D eigenvalue weighted by atomic mass is 16.5. The van der Waals surface area contributed by atoms with Crippen molar-refractivity contribution in [2.45, 2.75) is 38.8 Å². The third-order valence-corrected chi connectivity index (χ3v) is 4.34. The average molecular weight is 334 g/mol. The second-order valence-electron chi connectivity index (χ2n) is 6.28. The number of para-hydroxylation sites is 1. The third kappa shape index (κ3) is 4.06. The van der Waals surface area contributed by atoms with Gasteiger partial charge in [-0.1, -0.05) is 18.2 Å². The summed E-state index contributed by atoms with van der Waals surface area (Å²) in [5, 5.41) is 10.8. The highest BCUT2D eigenvalue weighted by molar-refractivity contribution is 5.86. The van der Waals surface area contributed by atoms with Crippen LogP contribution < -0.4 is 4.74 Å². The molecule has 2 rings (SSSR count). The van der Waals surface area contributed by atoms with Crippen LogP contribution in [0.3, 0.4) is 0 Å². The maximum atomic E-state index is 12.8. The molecule has 0 spiro atoms. The number of piperidine rings is 1. The minimum atomic E-state index is -1.51. The van der Waals surface area contributed by atoms with Gasteiger partial charge in [-0.15, -0.1) is 0 Å². The first-order valence-corrected chi connectivity index (χ1v) is 8.31. The van der Waals surface area contributed by atoms with E-state index in [9.17, 15) is 14.7 Å². The number of amides is 2. The minimum absolute atomic E-state index is 0.0542. The molecule has 1 aromatic carbocycles. The van der Waals surface area contributed by atoms with Crippen molar-refractivity contribution >= 4 is 11.8 Å². The highest BCUT2D eigenvalue weighted by Gasteiger charge is 2.42. The molecule has 1 aliphatic heterocycles. The Hall–Kier alpha value is -2.08. The first kappa shape index (κ1) is 18.3. The van der Waals surface area contributed by atoms with Crippen LogP contribution in [0.25, 0.3) is 0 Å². The molecule has 0 unspecified atom stereocenters. The zero-order valence-electron chi connectivity index (χ0n) is 14.6. The van der Waals surface area contributed by atoms with Gasteiger partial charge < -0.3 is 19.6 Å². The largest absolute Gasteiger partial charge is 0.494 e. The smallest absolute Gasteiger partial charge is 0.256 e. The van der Waals surface area contributed by atoms with Crippen molar-refractivity contribution in [1.82, 2.24) is 9.80 Å². The number of aliphatic hydroxyl groups is 1. The Labute approximate surface area is 143 Å². The predicted molar refractivity (Wildman–Crippen MR) is 90.5 cm³/mol. The van der Waals surface area contributed by atoms with Crippen LogP contribution in [0, 0.1) is 0 Å². The van der Waals surface area contributed by atoms with E-state index in [2.05, 4.69) is 0 Å². The van der Waals surface area contributed by atoms with E-state index in [4.69, 9.17) is 4.74 Å². The molecule has 1 aromatic rings. The molecule has 1 heterocycles. The van der Waals surface area contributed by atoms with Gasteiger partial charge in [0, 0.05) is 32.6 Å². The predicted octanol–water partition coefficient (Wildman–Crippen LogP) is 1.42. The second kappa shape index (κ2) is 7.66. The molecule has 0 aliphatic carbocycles. The van der Waals surface area contributed by atoms with Crippen LogP contribution in [0.1, 0.15) is 32.3 Å². The number of carbonyl (C=O) groups is 2. The lowest BCUT2D eigenvalue weighted by atomic mass is 9.91. The van der Waals surface area contributed by atoms with Crippen molar-refractivity contribution in [2.75, 3.05) is 26.7 Å². The molecule has 2 amide bonds. The quantitative estimate of drug-likeness (QED) is 0.884. The Morgan fingerprint density at radius 3 is 2.75 bits per heavy atom. The normalized spacial score (nSPS) is 20.6. The summed E-state index contributed by atoms with van der Waals surface area (Å²) in [4.78, 5) is 27.4. The van der Waals surface area contributed by atoms with Gasteiger partial charge in [0.1, 0.15) is 5.75 Å². The highest BCUT2D eigenvalue weighted by Crippen LogP contribution is 2.25. The number of hydrogen-bond acceptors (Lipinski definition) is 4. The molecule has 0 saturated carbocycles. The first-order valence-electron chi connectivity index (χ1n) is 8.31. The molecule has 24 heavy (non-hydrogen) atoms. The first-order chi connectivity index (χ1) is 11.4. The van der Waals surface area contributed by atoms with Crippen molar-refractivity contribution < 1.29 is 19.4 Å². The molecule has 1 aliphatic rings. The van der Waals surface area contributed by atoms with Crippen LogP contribution in [0.5, 0.6) is 5.75 Å². The minimum Gasteiger partial charge on any atom is -0.494 e. The summed E-state index contributed by atoms with van der Waals surface area (Å²) in [6.45, 7) is 4.90. The van der Waals surface area contributed by atoms with Crippen molar-refractivity contribution in [3.63, 3.8) is 0 Å². The SMILES string of the molecule is CCOc1ccccc1CN(C)C(=O)[C@]1(O)CCCN(C(C)=O)C1. The average Bonchev–Trinajstić information content (AvgIpc) is 2.56. The van der Waals surface area contributed by atoms with Crippen molar-refractivity contribution in [3.05, 3.63) is 29.8 Å². The lowest BCUT2D eigenvalue weighted by Crippen LogP contribution is -2.58. The lowest BCUT2D eigenvalue weighted by Gasteiger charge is -2.39. The zero-order chi connectivity index (χ0) is 17.7. The number of β-amino-alcohol motifs (C(OH)–C–C–N with tert-alkyl or cyclic N) is 1. The molecular weight excluding hydrogens is 308 g/mol. The standard InChI is InChI=1S/C18H26N2O4/c1-4-24-16-9-6-5-8-15(16)12-19(3)17(22)18(23)10-7-11-20(13-18)14(2)21/h5-6,8-9,23H,4,7,10-13H2,1-3H3/t18-/m0/s1. The maximum absolute atomic E-state index is 12.8. The molecule has 0 radical (unpaired) electrons. The van der Waals surface area contributed by atoms with Gasteiger partial charge in [-0.3, -0.25) is 9.59 Å². The number of likely N-dealkylation sites (N-methyl/N-ethyl adjacent to an activating group) is 1. The number of carbonyl (C=O) groups excluding carboxylic acids is 2. The number of nitrogens with zero attached hydrogens (tertiary/aromatic N) is 2. The van der Waals surface area contributed by atoms with Crippen molar-refractivity contribution in [3.8, 4) is 5.75 Å². The van der Waals surface area contributed by atoms with Crippen LogP contribution in [-0.2, 0) is 16.1 Å². The second-order valence-corrected chi connectivity index (χ2v) is 6.28. The summed E-state index contributed by atoms with van der Waals surface area (Å²) < 4.78 is 5.58. The number of rotatable bonds is 5. The Kier molecular flexibility index (Phi) is 5.83. The van der Waals surface area contributed by atoms with Crippen LogP contribution in [0.15, 0.2) is 24.3 Å². The van der Waals surface area contributed by atoms with E-state index in [1.54, 1.807) is 7.05 Å². The van der Waals surface area contributed by atoms with E-state index in [1.807, 2.05) is 31.2 Å². The summed E-state index contributed by atoms with van der Waals surface area (Å²) >= 11 is 0. The van der Waals surface area contributed by atoms with E-state index in [0.29, 0.717) is 32.5 Å². The Morgan fingerprint density at radius 2 is 2.08 bits per heavy atom. The molecule has 0 aromatic heterocycles. The van der Waals surface area contributed by atoms with Gasteiger partial charge in [0.05, 0.1) is 13.2 Å². The summed E-state index contributed by atoms with van der Waals surface area (Å²) in [6, 6.07) is 7.55. The Bertz CT molecular complexity index is 604. The van der Waals surface area contributed by atoms with E-state index in [1.165, 1.54) is 16.7 Å². The van der Waals surface area contributed by atoms with Crippen LogP contribution in [0.4, 0.5) is 0 Å². The Balaban J connectivity index is 2.10. The number of ether oxygens (including phenoxy) is 1. The summed E-state index contributed by atoms with van der Waals surface area (Å²) in [5.41, 5.74) is -0.628. The topological polar surface area (TPSA) is 70.1 Å². The zero-order valence-corrected chi connectivity index (χ0v) is 14.6. The van der Waals surface area contributed by atoms with E-state index < -0.39 is 5.60 Å². The van der Waals surface area contributed by atoms with Gasteiger partial charge in [0.25, 0.3) is 5.91 Å². The number of hydrogen-bond donors (Lipinski definition) is 1. The molecule has 6 nitrogen and oxygen atoms in total. The molecular formula is C18H26N2O4. The summed E-state index contributed by atoms with van der Waals surface area (Å²) in [5.74, 6) is 0.255.